The van der Waals surface area contributed by atoms with Crippen LogP contribution in [0.1, 0.15) is 19.3 Å². The Hall–Kier alpha value is -2.38. The van der Waals surface area contributed by atoms with Crippen LogP contribution >= 0.6 is 0 Å². The van der Waals surface area contributed by atoms with E-state index in [1.54, 1.807) is 0 Å². The van der Waals surface area contributed by atoms with Gasteiger partial charge in [-0.25, -0.2) is 9.18 Å². The molecule has 1 aromatic rings. The molecule has 0 spiro atoms. The SMILES string of the molecule is COc1cc(OC)nc(OC2=CCCCC2(F)C(=O)O)n1. The molecular formula is C13H15FN2O5. The van der Waals surface area contributed by atoms with Gasteiger partial charge in [-0.15, -0.1) is 0 Å². The van der Waals surface area contributed by atoms with E-state index < -0.39 is 11.6 Å². The Balaban J connectivity index is 2.32. The molecule has 0 saturated carbocycles. The van der Waals surface area contributed by atoms with E-state index in [2.05, 4.69) is 9.97 Å². The smallest absolute Gasteiger partial charge is 0.349 e. The summed E-state index contributed by atoms with van der Waals surface area (Å²) in [4.78, 5) is 18.9. The van der Waals surface area contributed by atoms with Gasteiger partial charge in [-0.2, -0.15) is 9.97 Å². The lowest BCUT2D eigenvalue weighted by atomic mass is 9.91. The second-order valence-electron chi connectivity index (χ2n) is 4.40. The molecule has 0 fully saturated rings. The van der Waals surface area contributed by atoms with Crippen LogP contribution < -0.4 is 14.2 Å². The van der Waals surface area contributed by atoms with Crippen LogP contribution in [-0.4, -0.2) is 40.9 Å². The monoisotopic (exact) mass is 298 g/mol. The number of methoxy groups -OCH3 is 2. The van der Waals surface area contributed by atoms with Crippen molar-refractivity contribution < 1.29 is 28.5 Å². The number of aliphatic carboxylic acids is 1. The Morgan fingerprint density at radius 3 is 2.48 bits per heavy atom. The summed E-state index contributed by atoms with van der Waals surface area (Å²) >= 11 is 0. The number of aromatic nitrogens is 2. The average molecular weight is 298 g/mol. The molecule has 1 heterocycles. The maximum Gasteiger partial charge on any atom is 0.349 e. The molecular weight excluding hydrogens is 283 g/mol. The van der Waals surface area contributed by atoms with Gasteiger partial charge in [0.15, 0.2) is 5.76 Å². The van der Waals surface area contributed by atoms with Crippen LogP contribution in [-0.2, 0) is 4.79 Å². The minimum absolute atomic E-state index is 0.157. The molecule has 1 unspecified atom stereocenters. The van der Waals surface area contributed by atoms with E-state index in [9.17, 15) is 9.18 Å². The third-order valence-electron chi connectivity index (χ3n) is 3.06. The van der Waals surface area contributed by atoms with Crippen LogP contribution in [0.2, 0.25) is 0 Å². The number of carbonyl (C=O) groups is 1. The highest BCUT2D eigenvalue weighted by molar-refractivity contribution is 5.81. The van der Waals surface area contributed by atoms with Crippen LogP contribution in [0.15, 0.2) is 17.9 Å². The van der Waals surface area contributed by atoms with Gasteiger partial charge in [0.05, 0.1) is 20.3 Å². The topological polar surface area (TPSA) is 90.8 Å². The number of carboxylic acids is 1. The molecule has 7 nitrogen and oxygen atoms in total. The molecule has 1 aromatic heterocycles. The number of hydrogen-bond donors (Lipinski definition) is 1. The third-order valence-corrected chi connectivity index (χ3v) is 3.06. The van der Waals surface area contributed by atoms with Gasteiger partial charge in [0.1, 0.15) is 0 Å². The molecule has 1 atom stereocenters. The molecule has 0 aliphatic heterocycles. The van der Waals surface area contributed by atoms with Crippen molar-refractivity contribution in [2.24, 2.45) is 0 Å². The highest BCUT2D eigenvalue weighted by Crippen LogP contribution is 2.34. The molecule has 0 radical (unpaired) electrons. The molecule has 1 aliphatic carbocycles. The summed E-state index contributed by atoms with van der Waals surface area (Å²) in [5.41, 5.74) is -2.57. The Labute approximate surface area is 120 Å². The van der Waals surface area contributed by atoms with Crippen molar-refractivity contribution >= 4 is 5.97 Å². The molecule has 0 amide bonds. The number of alkyl halides is 1. The van der Waals surface area contributed by atoms with E-state index in [0.717, 1.165) is 0 Å². The van der Waals surface area contributed by atoms with Gasteiger partial charge in [0, 0.05) is 6.42 Å². The Morgan fingerprint density at radius 1 is 1.33 bits per heavy atom. The number of halogens is 1. The zero-order valence-corrected chi connectivity index (χ0v) is 11.6. The van der Waals surface area contributed by atoms with E-state index in [0.29, 0.717) is 12.8 Å². The Morgan fingerprint density at radius 2 is 1.95 bits per heavy atom. The van der Waals surface area contributed by atoms with Gasteiger partial charge in [-0.05, 0) is 18.9 Å². The molecule has 1 aliphatic rings. The minimum Gasteiger partial charge on any atom is -0.481 e. The highest BCUT2D eigenvalue weighted by Gasteiger charge is 2.46. The van der Waals surface area contributed by atoms with E-state index in [1.807, 2.05) is 0 Å². The van der Waals surface area contributed by atoms with E-state index in [4.69, 9.17) is 19.3 Å². The largest absolute Gasteiger partial charge is 0.481 e. The fourth-order valence-electron chi connectivity index (χ4n) is 1.94. The number of hydrogen-bond acceptors (Lipinski definition) is 6. The number of nitrogens with zero attached hydrogens (tertiary/aromatic N) is 2. The molecule has 2 rings (SSSR count). The van der Waals surface area contributed by atoms with Crippen molar-refractivity contribution in [3.8, 4) is 17.8 Å². The van der Waals surface area contributed by atoms with Gasteiger partial charge in [-0.3, -0.25) is 0 Å². The summed E-state index contributed by atoms with van der Waals surface area (Å²) in [6.07, 6.45) is 2.19. The van der Waals surface area contributed by atoms with Crippen LogP contribution in [0.5, 0.6) is 17.8 Å². The lowest BCUT2D eigenvalue weighted by Crippen LogP contribution is -2.39. The summed E-state index contributed by atoms with van der Waals surface area (Å²) in [5, 5.41) is 9.06. The first kappa shape index (κ1) is 15.0. The van der Waals surface area contributed by atoms with Gasteiger partial charge in [0.2, 0.25) is 11.8 Å². The van der Waals surface area contributed by atoms with Crippen molar-refractivity contribution in [1.82, 2.24) is 9.97 Å². The summed E-state index contributed by atoms with van der Waals surface area (Å²) in [6, 6.07) is 1.18. The fraction of sp³-hybridized carbons (Fsp3) is 0.462. The summed E-state index contributed by atoms with van der Waals surface area (Å²) in [7, 11) is 2.78. The van der Waals surface area contributed by atoms with Crippen LogP contribution in [0.3, 0.4) is 0 Å². The number of rotatable bonds is 5. The van der Waals surface area contributed by atoms with Crippen molar-refractivity contribution in [3.63, 3.8) is 0 Å². The van der Waals surface area contributed by atoms with E-state index in [-0.39, 0.29) is 30.0 Å². The lowest BCUT2D eigenvalue weighted by molar-refractivity contribution is -0.150. The average Bonchev–Trinajstić information content (AvgIpc) is 2.49. The normalized spacial score (nSPS) is 21.4. The molecule has 114 valence electrons. The number of carboxylic acid groups (broad SMARTS) is 1. The van der Waals surface area contributed by atoms with Crippen molar-refractivity contribution in [3.05, 3.63) is 17.9 Å². The molecule has 0 bridgehead atoms. The van der Waals surface area contributed by atoms with Crippen molar-refractivity contribution in [1.29, 1.82) is 0 Å². The Bertz CT molecular complexity index is 555. The highest BCUT2D eigenvalue weighted by atomic mass is 19.1. The predicted octanol–water partition coefficient (Wildman–Crippen LogP) is 1.73. The number of ether oxygens (including phenoxy) is 3. The van der Waals surface area contributed by atoms with Gasteiger partial charge in [0.25, 0.3) is 5.67 Å². The fourth-order valence-corrected chi connectivity index (χ4v) is 1.94. The molecule has 0 aromatic carbocycles. The summed E-state index contributed by atoms with van der Waals surface area (Å²) < 4.78 is 29.6. The second kappa shape index (κ2) is 5.94. The second-order valence-corrected chi connectivity index (χ2v) is 4.40. The lowest BCUT2D eigenvalue weighted by Gasteiger charge is -2.26. The van der Waals surface area contributed by atoms with Crippen LogP contribution in [0.4, 0.5) is 4.39 Å². The van der Waals surface area contributed by atoms with Crippen molar-refractivity contribution in [2.75, 3.05) is 14.2 Å². The minimum atomic E-state index is -2.57. The zero-order valence-electron chi connectivity index (χ0n) is 11.6. The number of allylic oxidation sites excluding steroid dienone is 1. The Kier molecular flexibility index (Phi) is 4.25. The first-order valence-electron chi connectivity index (χ1n) is 6.27. The van der Waals surface area contributed by atoms with Crippen molar-refractivity contribution in [2.45, 2.75) is 24.9 Å². The first-order valence-corrected chi connectivity index (χ1v) is 6.27. The van der Waals surface area contributed by atoms with Crippen LogP contribution in [0.25, 0.3) is 0 Å². The molecule has 21 heavy (non-hydrogen) atoms. The van der Waals surface area contributed by atoms with Crippen LogP contribution in [0, 0.1) is 0 Å². The van der Waals surface area contributed by atoms with E-state index >= 15 is 0 Å². The van der Waals surface area contributed by atoms with Gasteiger partial charge < -0.3 is 19.3 Å². The maximum atomic E-state index is 14.5. The quantitative estimate of drug-likeness (QED) is 0.885. The molecule has 0 saturated heterocycles. The van der Waals surface area contributed by atoms with Gasteiger partial charge in [-0.1, -0.05) is 0 Å². The molecule has 8 heteroatoms. The van der Waals surface area contributed by atoms with Gasteiger partial charge >= 0.3 is 12.0 Å². The third kappa shape index (κ3) is 3.04. The standard InChI is InChI=1S/C13H15FN2O5/c1-19-9-7-10(20-2)16-12(15-9)21-8-5-3-4-6-13(8,14)11(17)18/h5,7H,3-4,6H2,1-2H3,(H,17,18). The summed E-state index contributed by atoms with van der Waals surface area (Å²) in [6.45, 7) is 0. The predicted molar refractivity (Wildman–Crippen MR) is 69.2 cm³/mol. The first-order chi connectivity index (χ1) is 9.99. The zero-order chi connectivity index (χ0) is 15.5. The summed E-state index contributed by atoms with van der Waals surface area (Å²) in [5.74, 6) is -1.60. The van der Waals surface area contributed by atoms with E-state index in [1.165, 1.54) is 26.4 Å². The molecule has 1 N–H and O–H groups in total. The maximum absolute atomic E-state index is 14.5.